The Morgan fingerprint density at radius 1 is 1.23 bits per heavy atom. The zero-order valence-corrected chi connectivity index (χ0v) is 17.5. The summed E-state index contributed by atoms with van der Waals surface area (Å²) in [6.07, 6.45) is 2.55. The molecule has 0 bridgehead atoms. The number of aromatic amines is 1. The van der Waals surface area contributed by atoms with Crippen LogP contribution in [0.25, 0.3) is 11.0 Å². The third kappa shape index (κ3) is 4.35. The van der Waals surface area contributed by atoms with Gasteiger partial charge in [0.2, 0.25) is 11.9 Å². The van der Waals surface area contributed by atoms with Gasteiger partial charge in [-0.3, -0.25) is 4.79 Å². The Morgan fingerprint density at radius 3 is 2.90 bits per heavy atom. The summed E-state index contributed by atoms with van der Waals surface area (Å²) in [5.74, 6) is 2.48. The molecule has 1 atom stereocenters. The first-order valence-electron chi connectivity index (χ1n) is 10.4. The molecule has 7 nitrogen and oxygen atoms in total. The number of nitrogens with zero attached hydrogens (tertiary/aromatic N) is 2. The van der Waals surface area contributed by atoms with E-state index in [2.05, 4.69) is 20.2 Å². The van der Waals surface area contributed by atoms with Crippen molar-refractivity contribution in [1.29, 1.82) is 0 Å². The van der Waals surface area contributed by atoms with E-state index in [4.69, 9.17) is 9.47 Å². The van der Waals surface area contributed by atoms with Crippen LogP contribution < -0.4 is 19.7 Å². The first-order valence-corrected chi connectivity index (χ1v) is 10.4. The number of amides is 1. The van der Waals surface area contributed by atoms with Gasteiger partial charge in [-0.2, -0.15) is 0 Å². The number of hydrogen-bond acceptors (Lipinski definition) is 5. The van der Waals surface area contributed by atoms with E-state index in [0.29, 0.717) is 19.5 Å². The van der Waals surface area contributed by atoms with Gasteiger partial charge in [0.05, 0.1) is 31.2 Å². The Labute approximate surface area is 176 Å². The lowest BCUT2D eigenvalue weighted by atomic mass is 9.97. The first-order chi connectivity index (χ1) is 14.7. The fraction of sp³-hybridized carbons (Fsp3) is 0.391. The molecular formula is C23H28N4O3. The van der Waals surface area contributed by atoms with Crippen molar-refractivity contribution in [1.82, 2.24) is 15.3 Å². The fourth-order valence-electron chi connectivity index (χ4n) is 4.01. The van der Waals surface area contributed by atoms with Gasteiger partial charge in [0.15, 0.2) is 0 Å². The molecule has 1 amide bonds. The molecular weight excluding hydrogens is 380 g/mol. The number of nitrogens with one attached hydrogen (secondary N) is 2. The number of rotatable bonds is 7. The highest BCUT2D eigenvalue weighted by Gasteiger charge is 2.27. The van der Waals surface area contributed by atoms with Crippen molar-refractivity contribution in [3.05, 3.63) is 48.0 Å². The summed E-state index contributed by atoms with van der Waals surface area (Å²) in [5, 5.41) is 3.10. The molecule has 0 aliphatic carbocycles. The SMILES string of the molecule is COc1ccc(OC)c(CCNC(=O)C2CCCN(c3nc4ccccc4[nH]3)C2)c1. The van der Waals surface area contributed by atoms with Crippen LogP contribution in [0, 0.1) is 5.92 Å². The van der Waals surface area contributed by atoms with Crippen LogP contribution in [0.2, 0.25) is 0 Å². The highest BCUT2D eigenvalue weighted by atomic mass is 16.5. The number of carbonyl (C=O) groups is 1. The summed E-state index contributed by atoms with van der Waals surface area (Å²) in [7, 11) is 3.29. The van der Waals surface area contributed by atoms with Gasteiger partial charge >= 0.3 is 0 Å². The van der Waals surface area contributed by atoms with Gasteiger partial charge in [0, 0.05) is 19.6 Å². The Balaban J connectivity index is 1.34. The van der Waals surface area contributed by atoms with Crippen molar-refractivity contribution in [3.63, 3.8) is 0 Å². The van der Waals surface area contributed by atoms with Gasteiger partial charge in [-0.25, -0.2) is 4.98 Å². The molecule has 1 aliphatic heterocycles. The minimum Gasteiger partial charge on any atom is -0.497 e. The molecule has 1 aliphatic rings. The molecule has 2 N–H and O–H groups in total. The lowest BCUT2D eigenvalue weighted by Crippen LogP contribution is -2.43. The van der Waals surface area contributed by atoms with E-state index >= 15 is 0 Å². The number of benzene rings is 2. The highest BCUT2D eigenvalue weighted by molar-refractivity contribution is 5.80. The van der Waals surface area contributed by atoms with E-state index < -0.39 is 0 Å². The van der Waals surface area contributed by atoms with E-state index in [0.717, 1.165) is 53.4 Å². The minimum absolute atomic E-state index is 0.0424. The number of imidazole rings is 1. The number of para-hydroxylation sites is 2. The Hall–Kier alpha value is -3.22. The van der Waals surface area contributed by atoms with E-state index in [-0.39, 0.29) is 11.8 Å². The van der Waals surface area contributed by atoms with Crippen molar-refractivity contribution in [3.8, 4) is 11.5 Å². The van der Waals surface area contributed by atoms with Crippen LogP contribution in [0.4, 0.5) is 5.95 Å². The number of methoxy groups -OCH3 is 2. The van der Waals surface area contributed by atoms with Crippen LogP contribution in [-0.2, 0) is 11.2 Å². The number of carbonyl (C=O) groups excluding carboxylic acids is 1. The molecule has 1 aromatic heterocycles. The molecule has 158 valence electrons. The molecule has 7 heteroatoms. The quantitative estimate of drug-likeness (QED) is 0.628. The van der Waals surface area contributed by atoms with Crippen molar-refractivity contribution in [2.24, 2.45) is 5.92 Å². The molecule has 0 spiro atoms. The molecule has 1 saturated heterocycles. The summed E-state index contributed by atoms with van der Waals surface area (Å²) >= 11 is 0. The van der Waals surface area contributed by atoms with Crippen LogP contribution in [0.5, 0.6) is 11.5 Å². The molecule has 0 radical (unpaired) electrons. The largest absolute Gasteiger partial charge is 0.497 e. The number of aromatic nitrogens is 2. The Kier molecular flexibility index (Phi) is 6.07. The van der Waals surface area contributed by atoms with Gasteiger partial charge < -0.3 is 24.7 Å². The van der Waals surface area contributed by atoms with Gasteiger partial charge in [-0.15, -0.1) is 0 Å². The predicted molar refractivity (Wildman–Crippen MR) is 117 cm³/mol. The molecule has 2 heterocycles. The molecule has 30 heavy (non-hydrogen) atoms. The van der Waals surface area contributed by atoms with E-state index in [1.165, 1.54) is 0 Å². The van der Waals surface area contributed by atoms with E-state index in [1.54, 1.807) is 14.2 Å². The topological polar surface area (TPSA) is 79.5 Å². The van der Waals surface area contributed by atoms with Crippen LogP contribution in [0.1, 0.15) is 18.4 Å². The van der Waals surface area contributed by atoms with Crippen molar-refractivity contribution in [2.75, 3.05) is 38.8 Å². The standard InChI is InChI=1S/C23H28N4O3/c1-29-18-9-10-21(30-2)16(14-18)11-12-24-22(28)17-6-5-13-27(15-17)23-25-19-7-3-4-8-20(19)26-23/h3-4,7-10,14,17H,5-6,11-13,15H2,1-2H3,(H,24,28)(H,25,26). The van der Waals surface area contributed by atoms with Crippen LogP contribution in [-0.4, -0.2) is 49.7 Å². The van der Waals surface area contributed by atoms with E-state index in [1.807, 2.05) is 42.5 Å². The molecule has 0 saturated carbocycles. The number of fused-ring (bicyclic) bond motifs is 1. The fourth-order valence-corrected chi connectivity index (χ4v) is 4.01. The van der Waals surface area contributed by atoms with Crippen molar-refractivity contribution < 1.29 is 14.3 Å². The van der Waals surface area contributed by atoms with Crippen molar-refractivity contribution in [2.45, 2.75) is 19.3 Å². The summed E-state index contributed by atoms with van der Waals surface area (Å²) in [4.78, 5) is 23.0. The maximum atomic E-state index is 12.8. The van der Waals surface area contributed by atoms with Gasteiger partial charge in [0.1, 0.15) is 11.5 Å². The molecule has 2 aromatic carbocycles. The third-order valence-corrected chi connectivity index (χ3v) is 5.65. The number of ether oxygens (including phenoxy) is 2. The summed E-state index contributed by atoms with van der Waals surface area (Å²) in [5.41, 5.74) is 2.99. The van der Waals surface area contributed by atoms with Gasteiger partial charge in [-0.05, 0) is 55.2 Å². The second-order valence-electron chi connectivity index (χ2n) is 7.58. The zero-order valence-electron chi connectivity index (χ0n) is 17.5. The molecule has 1 unspecified atom stereocenters. The van der Waals surface area contributed by atoms with Crippen LogP contribution in [0.15, 0.2) is 42.5 Å². The zero-order chi connectivity index (χ0) is 20.9. The Morgan fingerprint density at radius 2 is 2.10 bits per heavy atom. The summed E-state index contributed by atoms with van der Waals surface area (Å²) in [6.45, 7) is 2.14. The number of hydrogen-bond donors (Lipinski definition) is 2. The third-order valence-electron chi connectivity index (χ3n) is 5.65. The molecule has 1 fully saturated rings. The van der Waals surface area contributed by atoms with Crippen LogP contribution >= 0.6 is 0 Å². The second kappa shape index (κ2) is 9.07. The van der Waals surface area contributed by atoms with E-state index in [9.17, 15) is 4.79 Å². The average molecular weight is 409 g/mol. The highest BCUT2D eigenvalue weighted by Crippen LogP contribution is 2.25. The lowest BCUT2D eigenvalue weighted by molar-refractivity contribution is -0.125. The summed E-state index contributed by atoms with van der Waals surface area (Å²) in [6, 6.07) is 13.7. The first kappa shape index (κ1) is 20.1. The maximum Gasteiger partial charge on any atom is 0.224 e. The lowest BCUT2D eigenvalue weighted by Gasteiger charge is -2.31. The summed E-state index contributed by atoms with van der Waals surface area (Å²) < 4.78 is 10.7. The second-order valence-corrected chi connectivity index (χ2v) is 7.58. The molecule has 4 rings (SSSR count). The smallest absolute Gasteiger partial charge is 0.224 e. The Bertz CT molecular complexity index is 984. The number of piperidine rings is 1. The number of H-pyrrole nitrogens is 1. The average Bonchev–Trinajstić information content (AvgIpc) is 3.23. The predicted octanol–water partition coefficient (Wildman–Crippen LogP) is 3.16. The maximum absolute atomic E-state index is 12.8. The normalized spacial score (nSPS) is 16.5. The van der Waals surface area contributed by atoms with Crippen LogP contribution in [0.3, 0.4) is 0 Å². The monoisotopic (exact) mass is 408 g/mol. The number of anilines is 1. The minimum atomic E-state index is -0.0424. The van der Waals surface area contributed by atoms with Gasteiger partial charge in [-0.1, -0.05) is 12.1 Å². The molecule has 3 aromatic rings. The van der Waals surface area contributed by atoms with Crippen molar-refractivity contribution >= 4 is 22.9 Å². The van der Waals surface area contributed by atoms with Gasteiger partial charge in [0.25, 0.3) is 0 Å².